The second-order valence-electron chi connectivity index (χ2n) is 1.43. The molecule has 0 aliphatic heterocycles. The molecule has 0 heterocycles. The Labute approximate surface area is 64.2 Å². The Morgan fingerprint density at radius 1 is 1.29 bits per heavy atom. The Balaban J connectivity index is 0. The van der Waals surface area contributed by atoms with E-state index >= 15 is 0 Å². The van der Waals surface area contributed by atoms with Crippen molar-refractivity contribution >= 4 is 26.2 Å². The van der Waals surface area contributed by atoms with Crippen molar-refractivity contribution in [3.63, 3.8) is 0 Å². The van der Waals surface area contributed by atoms with Crippen LogP contribution in [-0.4, -0.2) is 37.9 Å². The zero-order valence-corrected chi connectivity index (χ0v) is 8.20. The van der Waals surface area contributed by atoms with E-state index in [4.69, 9.17) is 5.11 Å². The predicted molar refractivity (Wildman–Crippen MR) is 32.4 cm³/mol. The first kappa shape index (κ1) is 10.8. The maximum absolute atomic E-state index is 8.20. The molecule has 0 saturated carbocycles. The molecule has 7 heavy (non-hydrogen) atoms. The fourth-order valence-corrected chi connectivity index (χ4v) is 0.362. The number of unbranched alkanes of at least 4 members (excludes halogenated alkanes) is 2. The Bertz CT molecular complexity index is 20.0. The van der Waals surface area contributed by atoms with Crippen molar-refractivity contribution in [1.82, 2.24) is 0 Å². The zero-order valence-electron chi connectivity index (χ0n) is 4.72. The summed E-state index contributed by atoms with van der Waals surface area (Å²) in [6.45, 7) is 2.48. The van der Waals surface area contributed by atoms with Crippen LogP contribution < -0.4 is 0 Å². The largest absolute Gasteiger partial charge is 0.396 e. The van der Waals surface area contributed by atoms with Crippen molar-refractivity contribution in [3.8, 4) is 0 Å². The van der Waals surface area contributed by atoms with Crippen LogP contribution >= 0.6 is 0 Å². The molecule has 0 amide bonds. The molecule has 0 aromatic heterocycles. The van der Waals surface area contributed by atoms with Gasteiger partial charge in [-0.3, -0.25) is 0 Å². The summed E-state index contributed by atoms with van der Waals surface area (Å²) in [4.78, 5) is 0. The van der Waals surface area contributed by atoms with Gasteiger partial charge in [0.2, 0.25) is 0 Å². The molecule has 0 aliphatic rings. The predicted octanol–water partition coefficient (Wildman–Crippen LogP) is 0.788. The second-order valence-corrected chi connectivity index (χ2v) is 1.43. The Hall–Kier alpha value is 0.843. The molecule has 0 aromatic carbocycles. The van der Waals surface area contributed by atoms with Crippen molar-refractivity contribution in [2.45, 2.75) is 26.2 Å². The smallest absolute Gasteiger partial charge is 0.0431 e. The molecule has 0 spiro atoms. The summed E-state index contributed by atoms with van der Waals surface area (Å²) in [5.74, 6) is 0. The van der Waals surface area contributed by atoms with Gasteiger partial charge in [0.05, 0.1) is 0 Å². The maximum Gasteiger partial charge on any atom is 0.0431 e. The first-order chi connectivity index (χ1) is 2.91. The van der Waals surface area contributed by atoms with Gasteiger partial charge in [-0.2, -0.15) is 0 Å². The third kappa shape index (κ3) is 10.9. The SMILES string of the molecule is CCCCCO.[Bi]. The third-order valence-corrected chi connectivity index (χ3v) is 0.762. The van der Waals surface area contributed by atoms with Gasteiger partial charge in [0.15, 0.2) is 0 Å². The minimum atomic E-state index is 0. The molecule has 2 heteroatoms. The Morgan fingerprint density at radius 2 is 1.86 bits per heavy atom. The third-order valence-electron chi connectivity index (χ3n) is 0.762. The van der Waals surface area contributed by atoms with E-state index in [9.17, 15) is 0 Å². The van der Waals surface area contributed by atoms with Gasteiger partial charge in [-0.05, 0) is 6.42 Å². The summed E-state index contributed by atoms with van der Waals surface area (Å²) in [6.07, 6.45) is 3.33. The van der Waals surface area contributed by atoms with Crippen molar-refractivity contribution in [2.75, 3.05) is 6.61 Å². The summed E-state index contributed by atoms with van der Waals surface area (Å²) < 4.78 is 0. The van der Waals surface area contributed by atoms with E-state index in [1.807, 2.05) is 0 Å². The van der Waals surface area contributed by atoms with Crippen LogP contribution in [0, 0.1) is 0 Å². The van der Waals surface area contributed by atoms with Crippen LogP contribution in [0.5, 0.6) is 0 Å². The molecule has 0 aromatic rings. The quantitative estimate of drug-likeness (QED) is 0.603. The molecule has 43 valence electrons. The summed E-state index contributed by atoms with van der Waals surface area (Å²) in [5, 5.41) is 8.20. The number of aliphatic hydroxyl groups is 1. The van der Waals surface area contributed by atoms with Crippen LogP contribution in [0.25, 0.3) is 0 Å². The van der Waals surface area contributed by atoms with E-state index in [0.717, 1.165) is 12.8 Å². The van der Waals surface area contributed by atoms with E-state index in [-0.39, 0.29) is 26.2 Å². The molecule has 0 unspecified atom stereocenters. The van der Waals surface area contributed by atoms with Crippen LogP contribution in [0.4, 0.5) is 0 Å². The summed E-state index contributed by atoms with van der Waals surface area (Å²) in [6, 6.07) is 0. The average molecular weight is 297 g/mol. The van der Waals surface area contributed by atoms with Gasteiger partial charge < -0.3 is 5.11 Å². The van der Waals surface area contributed by atoms with Crippen molar-refractivity contribution < 1.29 is 5.11 Å². The molecule has 0 rings (SSSR count). The molecular formula is C5H12BiO. The maximum atomic E-state index is 8.20. The van der Waals surface area contributed by atoms with Crippen molar-refractivity contribution in [3.05, 3.63) is 0 Å². The average Bonchev–Trinajstić information content (AvgIpc) is 1.61. The first-order valence-corrected chi connectivity index (χ1v) is 2.52. The molecule has 1 N–H and O–H groups in total. The summed E-state index contributed by atoms with van der Waals surface area (Å²) in [7, 11) is 0. The van der Waals surface area contributed by atoms with E-state index in [1.54, 1.807) is 0 Å². The fraction of sp³-hybridized carbons (Fsp3) is 1.00. The van der Waals surface area contributed by atoms with Crippen LogP contribution in [0.15, 0.2) is 0 Å². The van der Waals surface area contributed by atoms with Crippen LogP contribution in [0.2, 0.25) is 0 Å². The Kier molecular flexibility index (Phi) is 15.3. The topological polar surface area (TPSA) is 20.2 Å². The van der Waals surface area contributed by atoms with Crippen LogP contribution in [0.1, 0.15) is 26.2 Å². The molecule has 0 bridgehead atoms. The standard InChI is InChI=1S/C5H12O.Bi/c1-2-3-4-5-6;/h6H,2-5H2,1H3;. The minimum Gasteiger partial charge on any atom is -0.396 e. The van der Waals surface area contributed by atoms with Crippen molar-refractivity contribution in [1.29, 1.82) is 0 Å². The van der Waals surface area contributed by atoms with Crippen LogP contribution in [-0.2, 0) is 0 Å². The fourth-order valence-electron chi connectivity index (χ4n) is 0.362. The number of aliphatic hydroxyl groups excluding tert-OH is 1. The van der Waals surface area contributed by atoms with Gasteiger partial charge in [-0.25, -0.2) is 0 Å². The molecule has 1 nitrogen and oxygen atoms in total. The van der Waals surface area contributed by atoms with Gasteiger partial charge in [-0.1, -0.05) is 19.8 Å². The van der Waals surface area contributed by atoms with Crippen molar-refractivity contribution in [2.24, 2.45) is 0 Å². The molecule has 0 fully saturated rings. The Morgan fingerprint density at radius 3 is 2.00 bits per heavy atom. The van der Waals surface area contributed by atoms with E-state index in [2.05, 4.69) is 6.92 Å². The molecule has 3 radical (unpaired) electrons. The first-order valence-electron chi connectivity index (χ1n) is 2.52. The second kappa shape index (κ2) is 9.96. The van der Waals surface area contributed by atoms with Gasteiger partial charge in [0.25, 0.3) is 0 Å². The van der Waals surface area contributed by atoms with E-state index in [0.29, 0.717) is 6.61 Å². The molecular weight excluding hydrogens is 285 g/mol. The normalized spacial score (nSPS) is 7.71. The van der Waals surface area contributed by atoms with E-state index < -0.39 is 0 Å². The van der Waals surface area contributed by atoms with Crippen LogP contribution in [0.3, 0.4) is 0 Å². The zero-order chi connectivity index (χ0) is 4.83. The summed E-state index contributed by atoms with van der Waals surface area (Å²) in [5.41, 5.74) is 0. The minimum absolute atomic E-state index is 0. The number of rotatable bonds is 3. The van der Waals surface area contributed by atoms with Gasteiger partial charge >= 0.3 is 0 Å². The molecule has 0 aliphatic carbocycles. The van der Waals surface area contributed by atoms with E-state index in [1.165, 1.54) is 6.42 Å². The molecule has 0 saturated heterocycles. The monoisotopic (exact) mass is 297 g/mol. The summed E-state index contributed by atoms with van der Waals surface area (Å²) >= 11 is 0. The van der Waals surface area contributed by atoms with Gasteiger partial charge in [-0.15, -0.1) is 0 Å². The molecule has 0 atom stereocenters. The van der Waals surface area contributed by atoms with Gasteiger partial charge in [0.1, 0.15) is 0 Å². The number of hydrogen-bond donors (Lipinski definition) is 1. The number of hydrogen-bond acceptors (Lipinski definition) is 1. The van der Waals surface area contributed by atoms with Gasteiger partial charge in [0, 0.05) is 32.8 Å².